The molecule has 0 radical (unpaired) electrons. The van der Waals surface area contributed by atoms with E-state index < -0.39 is 0 Å². The molecule has 0 unspecified atom stereocenters. The molecule has 5 nitrogen and oxygen atoms in total. The number of aromatic nitrogens is 3. The topological polar surface area (TPSA) is 59.8 Å². The highest BCUT2D eigenvalue weighted by Gasteiger charge is 2.20. The Morgan fingerprint density at radius 3 is 2.73 bits per heavy atom. The Morgan fingerprint density at radius 2 is 1.95 bits per heavy atom. The first-order chi connectivity index (χ1) is 10.6. The van der Waals surface area contributed by atoms with Crippen LogP contribution in [0.1, 0.15) is 48.6 Å². The summed E-state index contributed by atoms with van der Waals surface area (Å²) in [5, 5.41) is 7.68. The lowest BCUT2D eigenvalue weighted by molar-refractivity contribution is 0.102. The summed E-state index contributed by atoms with van der Waals surface area (Å²) in [5.41, 5.74) is 0.116. The summed E-state index contributed by atoms with van der Waals surface area (Å²) in [4.78, 5) is 16.3. The molecule has 0 saturated heterocycles. The van der Waals surface area contributed by atoms with Crippen LogP contribution in [0.25, 0.3) is 0 Å². The average molecular weight is 339 g/mol. The number of rotatable bonds is 3. The minimum absolute atomic E-state index is 0.116. The number of amides is 1. The molecule has 1 amide bonds. The molecule has 0 spiro atoms. The van der Waals surface area contributed by atoms with Crippen molar-refractivity contribution in [3.8, 4) is 0 Å². The summed E-state index contributed by atoms with van der Waals surface area (Å²) < 4.78 is 1.88. The monoisotopic (exact) mass is 338 g/mol. The summed E-state index contributed by atoms with van der Waals surface area (Å²) in [5.74, 6) is 0.278. The molecule has 0 aliphatic heterocycles. The molecule has 1 aliphatic carbocycles. The fourth-order valence-electron chi connectivity index (χ4n) is 2.78. The van der Waals surface area contributed by atoms with Crippen molar-refractivity contribution in [2.75, 3.05) is 5.32 Å². The maximum atomic E-state index is 12.4. The Labute approximate surface area is 138 Å². The number of hydrogen-bond acceptors (Lipinski definition) is 3. The highest BCUT2D eigenvalue weighted by atomic mass is 35.5. The van der Waals surface area contributed by atoms with E-state index in [4.69, 9.17) is 23.2 Å². The quantitative estimate of drug-likeness (QED) is 0.846. The van der Waals surface area contributed by atoms with Gasteiger partial charge in [-0.3, -0.25) is 4.79 Å². The van der Waals surface area contributed by atoms with Gasteiger partial charge in [0.1, 0.15) is 16.7 Å². The van der Waals surface area contributed by atoms with Gasteiger partial charge < -0.3 is 5.32 Å². The zero-order valence-corrected chi connectivity index (χ0v) is 13.4. The molecular formula is C15H16Cl2N4O. The van der Waals surface area contributed by atoms with Gasteiger partial charge in [-0.25, -0.2) is 9.67 Å². The van der Waals surface area contributed by atoms with Crippen LogP contribution in [0, 0.1) is 0 Å². The molecular weight excluding hydrogens is 323 g/mol. The molecule has 0 atom stereocenters. The molecule has 7 heteroatoms. The molecule has 1 aliphatic rings. The first kappa shape index (κ1) is 15.3. The Bertz CT molecular complexity index is 680. The van der Waals surface area contributed by atoms with Gasteiger partial charge in [-0.1, -0.05) is 42.5 Å². The lowest BCUT2D eigenvalue weighted by Crippen LogP contribution is -2.21. The second kappa shape index (κ2) is 6.67. The third-order valence-electron chi connectivity index (χ3n) is 3.86. The van der Waals surface area contributed by atoms with Crippen molar-refractivity contribution in [1.82, 2.24) is 14.8 Å². The molecule has 2 heterocycles. The zero-order valence-electron chi connectivity index (χ0n) is 11.9. The van der Waals surface area contributed by atoms with E-state index in [0.717, 1.165) is 12.8 Å². The van der Waals surface area contributed by atoms with Gasteiger partial charge in [-0.05, 0) is 25.0 Å². The normalized spacial score (nSPS) is 15.7. The molecule has 2 aromatic heterocycles. The molecule has 116 valence electrons. The van der Waals surface area contributed by atoms with Crippen molar-refractivity contribution in [3.63, 3.8) is 0 Å². The van der Waals surface area contributed by atoms with Crippen LogP contribution in [-0.2, 0) is 0 Å². The SMILES string of the molecule is O=C(Nc1ccnn1C1CCCCC1)c1nc(Cl)ccc1Cl. The summed E-state index contributed by atoms with van der Waals surface area (Å²) in [7, 11) is 0. The maximum Gasteiger partial charge on any atom is 0.277 e. The molecule has 0 aromatic carbocycles. The Hall–Kier alpha value is -1.59. The van der Waals surface area contributed by atoms with Crippen LogP contribution < -0.4 is 5.32 Å². The van der Waals surface area contributed by atoms with E-state index in [1.165, 1.54) is 19.3 Å². The van der Waals surface area contributed by atoms with E-state index in [-0.39, 0.29) is 21.8 Å². The average Bonchev–Trinajstić information content (AvgIpc) is 2.98. The molecule has 1 saturated carbocycles. The number of pyridine rings is 1. The van der Waals surface area contributed by atoms with Crippen LogP contribution in [0.5, 0.6) is 0 Å². The van der Waals surface area contributed by atoms with E-state index in [1.54, 1.807) is 24.4 Å². The Morgan fingerprint density at radius 1 is 1.18 bits per heavy atom. The molecule has 1 N–H and O–H groups in total. The van der Waals surface area contributed by atoms with Crippen LogP contribution in [0.2, 0.25) is 10.2 Å². The van der Waals surface area contributed by atoms with Crippen LogP contribution in [0.4, 0.5) is 5.82 Å². The van der Waals surface area contributed by atoms with Gasteiger partial charge in [0, 0.05) is 6.07 Å². The van der Waals surface area contributed by atoms with Crippen molar-refractivity contribution in [2.24, 2.45) is 0 Å². The van der Waals surface area contributed by atoms with E-state index in [0.29, 0.717) is 11.9 Å². The summed E-state index contributed by atoms with van der Waals surface area (Å²) in [6, 6.07) is 5.23. The molecule has 22 heavy (non-hydrogen) atoms. The van der Waals surface area contributed by atoms with Crippen LogP contribution in [-0.4, -0.2) is 20.7 Å². The molecule has 0 bridgehead atoms. The number of nitrogens with zero attached hydrogens (tertiary/aromatic N) is 3. The van der Waals surface area contributed by atoms with Gasteiger partial charge in [0.2, 0.25) is 0 Å². The first-order valence-corrected chi connectivity index (χ1v) is 8.07. The largest absolute Gasteiger partial charge is 0.305 e. The van der Waals surface area contributed by atoms with Crippen molar-refractivity contribution in [2.45, 2.75) is 38.1 Å². The van der Waals surface area contributed by atoms with Gasteiger partial charge in [0.15, 0.2) is 0 Å². The van der Waals surface area contributed by atoms with Gasteiger partial charge in [0.05, 0.1) is 17.3 Å². The third kappa shape index (κ3) is 3.25. The third-order valence-corrected chi connectivity index (χ3v) is 4.38. The fraction of sp³-hybridized carbons (Fsp3) is 0.400. The summed E-state index contributed by atoms with van der Waals surface area (Å²) >= 11 is 11.8. The predicted molar refractivity (Wildman–Crippen MR) is 86.6 cm³/mol. The number of hydrogen-bond donors (Lipinski definition) is 1. The van der Waals surface area contributed by atoms with E-state index in [9.17, 15) is 4.79 Å². The van der Waals surface area contributed by atoms with Crippen LogP contribution >= 0.6 is 23.2 Å². The lowest BCUT2D eigenvalue weighted by atomic mass is 9.96. The van der Waals surface area contributed by atoms with E-state index in [2.05, 4.69) is 15.4 Å². The Kier molecular flexibility index (Phi) is 4.64. The number of halogens is 2. The van der Waals surface area contributed by atoms with Crippen molar-refractivity contribution < 1.29 is 4.79 Å². The van der Waals surface area contributed by atoms with Crippen molar-refractivity contribution in [1.29, 1.82) is 0 Å². The molecule has 3 rings (SSSR count). The first-order valence-electron chi connectivity index (χ1n) is 7.32. The fourth-order valence-corrected chi connectivity index (χ4v) is 3.12. The number of carbonyl (C=O) groups excluding carboxylic acids is 1. The summed E-state index contributed by atoms with van der Waals surface area (Å²) in [6.45, 7) is 0. The summed E-state index contributed by atoms with van der Waals surface area (Å²) in [6.07, 6.45) is 7.51. The highest BCUT2D eigenvalue weighted by molar-refractivity contribution is 6.35. The van der Waals surface area contributed by atoms with Gasteiger partial charge in [-0.2, -0.15) is 5.10 Å². The van der Waals surface area contributed by atoms with Crippen molar-refractivity contribution >= 4 is 34.9 Å². The van der Waals surface area contributed by atoms with Crippen LogP contribution in [0.15, 0.2) is 24.4 Å². The molecule has 1 fully saturated rings. The van der Waals surface area contributed by atoms with Crippen LogP contribution in [0.3, 0.4) is 0 Å². The van der Waals surface area contributed by atoms with Gasteiger partial charge in [0.25, 0.3) is 5.91 Å². The van der Waals surface area contributed by atoms with Crippen molar-refractivity contribution in [3.05, 3.63) is 40.3 Å². The number of nitrogens with one attached hydrogen (secondary N) is 1. The maximum absolute atomic E-state index is 12.4. The minimum atomic E-state index is -0.384. The number of carbonyl (C=O) groups is 1. The smallest absolute Gasteiger partial charge is 0.277 e. The number of anilines is 1. The minimum Gasteiger partial charge on any atom is -0.305 e. The second-order valence-electron chi connectivity index (χ2n) is 5.37. The zero-order chi connectivity index (χ0) is 15.5. The van der Waals surface area contributed by atoms with Gasteiger partial charge in [-0.15, -0.1) is 0 Å². The predicted octanol–water partition coefficient (Wildman–Crippen LogP) is 4.34. The van der Waals surface area contributed by atoms with E-state index >= 15 is 0 Å². The second-order valence-corrected chi connectivity index (χ2v) is 6.17. The highest BCUT2D eigenvalue weighted by Crippen LogP contribution is 2.30. The lowest BCUT2D eigenvalue weighted by Gasteiger charge is -2.23. The Balaban J connectivity index is 1.80. The standard InChI is InChI=1S/C15H16Cl2N4O/c16-11-6-7-12(17)19-14(11)15(22)20-13-8-9-18-21(13)10-4-2-1-3-5-10/h6-10H,1-5H2,(H,20,22). The van der Waals surface area contributed by atoms with E-state index in [1.807, 2.05) is 4.68 Å². The molecule has 2 aromatic rings. The van der Waals surface area contributed by atoms with Gasteiger partial charge >= 0.3 is 0 Å².